The van der Waals surface area contributed by atoms with Crippen molar-refractivity contribution in [1.29, 1.82) is 0 Å². The number of hydrogen-bond acceptors (Lipinski definition) is 3. The molecule has 1 N–H and O–H groups in total. The first-order chi connectivity index (χ1) is 12.7. The van der Waals surface area contributed by atoms with E-state index in [4.69, 9.17) is 4.74 Å². The van der Waals surface area contributed by atoms with Gasteiger partial charge in [0.25, 0.3) is 0 Å². The maximum atomic E-state index is 11.9. The molecule has 140 valence electrons. The van der Waals surface area contributed by atoms with Gasteiger partial charge in [-0.1, -0.05) is 80.4 Å². The van der Waals surface area contributed by atoms with Crippen LogP contribution in [-0.4, -0.2) is 24.5 Å². The molecule has 0 heterocycles. The van der Waals surface area contributed by atoms with Crippen LogP contribution in [0.2, 0.25) is 0 Å². The van der Waals surface area contributed by atoms with Crippen LogP contribution < -0.4 is 5.32 Å². The first-order valence-corrected chi connectivity index (χ1v) is 10.3. The van der Waals surface area contributed by atoms with Crippen LogP contribution in [-0.2, 0) is 16.9 Å². The Bertz CT molecular complexity index is 633. The highest BCUT2D eigenvalue weighted by atomic mass is 32.2. The Labute approximate surface area is 161 Å². The van der Waals surface area contributed by atoms with E-state index in [-0.39, 0.29) is 12.1 Å². The van der Waals surface area contributed by atoms with Crippen molar-refractivity contribution < 1.29 is 9.53 Å². The zero-order chi connectivity index (χ0) is 18.6. The predicted molar refractivity (Wildman–Crippen MR) is 111 cm³/mol. The number of ether oxygens (including phenoxy) is 1. The van der Waals surface area contributed by atoms with Crippen molar-refractivity contribution in [2.75, 3.05) is 7.11 Å². The summed E-state index contributed by atoms with van der Waals surface area (Å²) < 4.78 is 4.86. The van der Waals surface area contributed by atoms with Crippen LogP contribution in [0.3, 0.4) is 0 Å². The van der Waals surface area contributed by atoms with Crippen molar-refractivity contribution in [3.05, 3.63) is 71.8 Å². The van der Waals surface area contributed by atoms with Gasteiger partial charge >= 0.3 is 6.09 Å². The number of amides is 1. The summed E-state index contributed by atoms with van der Waals surface area (Å²) in [4.78, 5) is 11.9. The van der Waals surface area contributed by atoms with E-state index < -0.39 is 0 Å². The second kappa shape index (κ2) is 11.6. The molecule has 0 saturated heterocycles. The number of carbonyl (C=O) groups excluding carboxylic acids is 1. The third-order valence-electron chi connectivity index (χ3n) is 4.39. The van der Waals surface area contributed by atoms with E-state index in [1.807, 2.05) is 23.9 Å². The largest absolute Gasteiger partial charge is 0.453 e. The molecule has 0 aliphatic heterocycles. The molecule has 2 rings (SSSR count). The number of alkyl carbamates (subject to hydrolysis) is 1. The molecule has 1 amide bonds. The molecule has 0 spiro atoms. The third kappa shape index (κ3) is 7.12. The minimum atomic E-state index is -0.343. The van der Waals surface area contributed by atoms with Crippen molar-refractivity contribution in [1.82, 2.24) is 5.32 Å². The topological polar surface area (TPSA) is 38.3 Å². The van der Waals surface area contributed by atoms with E-state index in [1.165, 1.54) is 18.2 Å². The maximum Gasteiger partial charge on any atom is 0.407 e. The first kappa shape index (κ1) is 20.4. The highest BCUT2D eigenvalue weighted by Crippen LogP contribution is 2.26. The Hall–Kier alpha value is -1.94. The van der Waals surface area contributed by atoms with E-state index in [9.17, 15) is 4.79 Å². The minimum Gasteiger partial charge on any atom is -0.453 e. The lowest BCUT2D eigenvalue weighted by atomic mass is 10.0. The molecule has 0 aromatic heterocycles. The molecule has 3 nitrogen and oxygen atoms in total. The van der Waals surface area contributed by atoms with Gasteiger partial charge in [0.05, 0.1) is 7.11 Å². The van der Waals surface area contributed by atoms with Gasteiger partial charge in [-0.05, 0) is 24.0 Å². The van der Waals surface area contributed by atoms with Crippen LogP contribution >= 0.6 is 11.8 Å². The Balaban J connectivity index is 2.12. The summed E-state index contributed by atoms with van der Waals surface area (Å²) >= 11 is 1.91. The molecule has 26 heavy (non-hydrogen) atoms. The second-order valence-electron chi connectivity index (χ2n) is 6.41. The average molecular weight is 372 g/mol. The molecule has 2 unspecified atom stereocenters. The number of rotatable bonds is 10. The van der Waals surface area contributed by atoms with Gasteiger partial charge < -0.3 is 10.1 Å². The SMILES string of the molecule is CCCCC(NC(=O)OC)C(Cc1ccccc1)SCc1ccccc1. The van der Waals surface area contributed by atoms with E-state index >= 15 is 0 Å². The molecule has 0 radical (unpaired) electrons. The molecule has 2 aromatic rings. The molecule has 4 heteroatoms. The van der Waals surface area contributed by atoms with Crippen LogP contribution in [0.5, 0.6) is 0 Å². The monoisotopic (exact) mass is 371 g/mol. The van der Waals surface area contributed by atoms with Crippen LogP contribution in [0.25, 0.3) is 0 Å². The van der Waals surface area contributed by atoms with Gasteiger partial charge in [-0.25, -0.2) is 4.79 Å². The summed E-state index contributed by atoms with van der Waals surface area (Å²) in [5, 5.41) is 3.37. The summed E-state index contributed by atoms with van der Waals surface area (Å²) in [5.41, 5.74) is 2.61. The zero-order valence-corrected chi connectivity index (χ0v) is 16.5. The average Bonchev–Trinajstić information content (AvgIpc) is 2.69. The molecular weight excluding hydrogens is 342 g/mol. The Morgan fingerprint density at radius 3 is 2.23 bits per heavy atom. The van der Waals surface area contributed by atoms with Crippen LogP contribution in [0.4, 0.5) is 4.79 Å². The van der Waals surface area contributed by atoms with E-state index in [1.54, 1.807) is 0 Å². The van der Waals surface area contributed by atoms with Gasteiger partial charge in [-0.15, -0.1) is 0 Å². The highest BCUT2D eigenvalue weighted by Gasteiger charge is 2.24. The fraction of sp³-hybridized carbons (Fsp3) is 0.409. The minimum absolute atomic E-state index is 0.0938. The third-order valence-corrected chi connectivity index (χ3v) is 5.82. The number of benzene rings is 2. The van der Waals surface area contributed by atoms with Crippen molar-refractivity contribution in [3.8, 4) is 0 Å². The summed E-state index contributed by atoms with van der Waals surface area (Å²) in [5.74, 6) is 0.934. The predicted octanol–water partition coefficient (Wildman–Crippen LogP) is 5.45. The van der Waals surface area contributed by atoms with Crippen molar-refractivity contribution in [3.63, 3.8) is 0 Å². The lowest BCUT2D eigenvalue weighted by molar-refractivity contribution is 0.165. The van der Waals surface area contributed by atoms with Crippen molar-refractivity contribution >= 4 is 17.9 Å². The summed E-state index contributed by atoms with van der Waals surface area (Å²) in [6, 6.07) is 21.1. The Kier molecular flexibility index (Phi) is 9.11. The fourth-order valence-electron chi connectivity index (χ4n) is 2.93. The first-order valence-electron chi connectivity index (χ1n) is 9.26. The highest BCUT2D eigenvalue weighted by molar-refractivity contribution is 7.99. The Morgan fingerprint density at radius 1 is 1.04 bits per heavy atom. The molecule has 2 atom stereocenters. The van der Waals surface area contributed by atoms with Gasteiger partial charge in [-0.3, -0.25) is 0 Å². The molecule has 0 fully saturated rings. The zero-order valence-electron chi connectivity index (χ0n) is 15.7. The molecule has 0 aliphatic carbocycles. The number of unbranched alkanes of at least 4 members (excludes halogenated alkanes) is 1. The van der Waals surface area contributed by atoms with E-state index in [2.05, 4.69) is 60.8 Å². The van der Waals surface area contributed by atoms with Gasteiger partial charge in [0.2, 0.25) is 0 Å². The molecule has 2 aromatic carbocycles. The van der Waals surface area contributed by atoms with Gasteiger partial charge in [0, 0.05) is 17.0 Å². The summed E-state index contributed by atoms with van der Waals surface area (Å²) in [6.07, 6.45) is 3.75. The van der Waals surface area contributed by atoms with E-state index in [0.29, 0.717) is 5.25 Å². The number of methoxy groups -OCH3 is 1. The van der Waals surface area contributed by atoms with E-state index in [0.717, 1.165) is 31.4 Å². The smallest absolute Gasteiger partial charge is 0.407 e. The normalized spacial score (nSPS) is 13.0. The Morgan fingerprint density at radius 2 is 1.65 bits per heavy atom. The van der Waals surface area contributed by atoms with Gasteiger partial charge in [0.15, 0.2) is 0 Å². The summed E-state index contributed by atoms with van der Waals surface area (Å²) in [7, 11) is 1.43. The van der Waals surface area contributed by atoms with Crippen molar-refractivity contribution in [2.45, 2.75) is 49.7 Å². The van der Waals surface area contributed by atoms with Crippen molar-refractivity contribution in [2.24, 2.45) is 0 Å². The second-order valence-corrected chi connectivity index (χ2v) is 7.64. The standard InChI is InChI=1S/C22H29NO2S/c1-3-4-15-20(23-22(24)25-2)21(16-18-11-7-5-8-12-18)26-17-19-13-9-6-10-14-19/h5-14,20-21H,3-4,15-17H2,1-2H3,(H,23,24). The fourth-order valence-corrected chi connectivity index (χ4v) is 4.27. The van der Waals surface area contributed by atoms with Crippen LogP contribution in [0.15, 0.2) is 60.7 Å². The quantitative estimate of drug-likeness (QED) is 0.604. The number of thioether (sulfide) groups is 1. The molecule has 0 aliphatic rings. The van der Waals surface area contributed by atoms with Gasteiger partial charge in [-0.2, -0.15) is 11.8 Å². The number of nitrogens with one attached hydrogen (secondary N) is 1. The molecule has 0 bridgehead atoms. The van der Waals surface area contributed by atoms with Crippen LogP contribution in [0, 0.1) is 0 Å². The van der Waals surface area contributed by atoms with Gasteiger partial charge in [0.1, 0.15) is 0 Å². The molecule has 0 saturated carbocycles. The lowest BCUT2D eigenvalue weighted by Gasteiger charge is -2.27. The number of carbonyl (C=O) groups is 1. The van der Waals surface area contributed by atoms with Crippen LogP contribution in [0.1, 0.15) is 37.3 Å². The maximum absolute atomic E-state index is 11.9. The number of hydrogen-bond donors (Lipinski definition) is 1. The molecular formula is C22H29NO2S. The summed E-state index contributed by atoms with van der Waals surface area (Å²) in [6.45, 7) is 2.18. The lowest BCUT2D eigenvalue weighted by Crippen LogP contribution is -2.43.